The van der Waals surface area contributed by atoms with Crippen molar-refractivity contribution in [2.24, 2.45) is 0 Å². The SMILES string of the molecule is O=C(CBr)Cc1ccc(C(O)C(=O)O)c(Br)c1. The summed E-state index contributed by atoms with van der Waals surface area (Å²) in [7, 11) is 0. The zero-order valence-electron chi connectivity index (χ0n) is 8.69. The smallest absolute Gasteiger partial charge is 0.337 e. The minimum Gasteiger partial charge on any atom is -0.479 e. The highest BCUT2D eigenvalue weighted by Crippen LogP contribution is 2.25. The van der Waals surface area contributed by atoms with Crippen LogP contribution in [0.25, 0.3) is 0 Å². The summed E-state index contributed by atoms with van der Waals surface area (Å²) in [6, 6.07) is 4.77. The Balaban J connectivity index is 2.94. The molecule has 0 fully saturated rings. The van der Waals surface area contributed by atoms with Gasteiger partial charge in [-0.2, -0.15) is 0 Å². The monoisotopic (exact) mass is 364 g/mol. The van der Waals surface area contributed by atoms with E-state index in [0.717, 1.165) is 5.56 Å². The molecule has 0 aliphatic heterocycles. The Morgan fingerprint density at radius 1 is 1.35 bits per heavy atom. The van der Waals surface area contributed by atoms with Crippen LogP contribution in [0.5, 0.6) is 0 Å². The fraction of sp³-hybridized carbons (Fsp3) is 0.273. The first-order valence-corrected chi connectivity index (χ1v) is 6.64. The van der Waals surface area contributed by atoms with E-state index in [1.54, 1.807) is 12.1 Å². The van der Waals surface area contributed by atoms with Crippen LogP contribution in [0.15, 0.2) is 22.7 Å². The molecule has 1 atom stereocenters. The molecule has 2 N–H and O–H groups in total. The van der Waals surface area contributed by atoms with Gasteiger partial charge < -0.3 is 10.2 Å². The quantitative estimate of drug-likeness (QED) is 0.783. The van der Waals surface area contributed by atoms with Crippen molar-refractivity contribution in [3.05, 3.63) is 33.8 Å². The van der Waals surface area contributed by atoms with E-state index < -0.39 is 12.1 Å². The van der Waals surface area contributed by atoms with Gasteiger partial charge in [0.15, 0.2) is 6.10 Å². The molecule has 1 rings (SSSR count). The molecule has 0 radical (unpaired) electrons. The summed E-state index contributed by atoms with van der Waals surface area (Å²) in [5, 5.41) is 18.4. The van der Waals surface area contributed by atoms with E-state index in [9.17, 15) is 14.7 Å². The van der Waals surface area contributed by atoms with E-state index in [-0.39, 0.29) is 23.1 Å². The number of carbonyl (C=O) groups is 2. The van der Waals surface area contributed by atoms with Gasteiger partial charge in [0.25, 0.3) is 0 Å². The topological polar surface area (TPSA) is 74.6 Å². The molecule has 0 saturated heterocycles. The molecule has 0 spiro atoms. The summed E-state index contributed by atoms with van der Waals surface area (Å²) >= 11 is 6.25. The minimum absolute atomic E-state index is 0.0310. The zero-order valence-corrected chi connectivity index (χ0v) is 11.9. The Bertz CT molecular complexity index is 445. The summed E-state index contributed by atoms with van der Waals surface area (Å²) < 4.78 is 0.479. The van der Waals surface area contributed by atoms with Crippen molar-refractivity contribution in [2.45, 2.75) is 12.5 Å². The Kier molecular flexibility index (Phi) is 5.30. The predicted octanol–water partition coefficient (Wildman–Crippen LogP) is 2.07. The number of Topliss-reactive ketones (excluding diaryl/α,β-unsaturated/α-hetero) is 1. The first-order chi connectivity index (χ1) is 7.95. The van der Waals surface area contributed by atoms with Crippen LogP contribution in [0.3, 0.4) is 0 Å². The van der Waals surface area contributed by atoms with Gasteiger partial charge in [-0.3, -0.25) is 4.79 Å². The normalized spacial score (nSPS) is 12.2. The first kappa shape index (κ1) is 14.3. The Labute approximate surface area is 115 Å². The molecule has 0 aliphatic carbocycles. The Morgan fingerprint density at radius 2 is 2.00 bits per heavy atom. The molecule has 4 nitrogen and oxygen atoms in total. The van der Waals surface area contributed by atoms with Crippen molar-refractivity contribution < 1.29 is 19.8 Å². The van der Waals surface area contributed by atoms with Crippen molar-refractivity contribution in [1.82, 2.24) is 0 Å². The number of aliphatic hydroxyl groups excluding tert-OH is 1. The van der Waals surface area contributed by atoms with E-state index in [4.69, 9.17) is 5.11 Å². The van der Waals surface area contributed by atoms with Crippen LogP contribution in [-0.2, 0) is 16.0 Å². The number of carboxylic acid groups (broad SMARTS) is 1. The van der Waals surface area contributed by atoms with Gasteiger partial charge in [-0.05, 0) is 11.6 Å². The molecule has 1 aromatic rings. The van der Waals surface area contributed by atoms with Gasteiger partial charge in [0.05, 0.1) is 5.33 Å². The zero-order chi connectivity index (χ0) is 13.0. The van der Waals surface area contributed by atoms with Crippen LogP contribution in [0.2, 0.25) is 0 Å². The number of hydrogen-bond donors (Lipinski definition) is 2. The molecule has 1 unspecified atom stereocenters. The lowest BCUT2D eigenvalue weighted by Gasteiger charge is -2.09. The van der Waals surface area contributed by atoms with E-state index in [0.29, 0.717) is 4.47 Å². The number of halogens is 2. The summed E-state index contributed by atoms with van der Waals surface area (Å²) in [6.45, 7) is 0. The van der Waals surface area contributed by atoms with Gasteiger partial charge in [-0.25, -0.2) is 4.79 Å². The lowest BCUT2D eigenvalue weighted by atomic mass is 10.0. The molecular formula is C11H10Br2O4. The van der Waals surface area contributed by atoms with Crippen LogP contribution in [0.4, 0.5) is 0 Å². The molecule has 1 aromatic carbocycles. The number of aliphatic hydroxyl groups is 1. The van der Waals surface area contributed by atoms with Gasteiger partial charge in [0.1, 0.15) is 5.78 Å². The van der Waals surface area contributed by atoms with E-state index in [2.05, 4.69) is 31.9 Å². The van der Waals surface area contributed by atoms with Crippen molar-refractivity contribution >= 4 is 43.6 Å². The van der Waals surface area contributed by atoms with Crippen LogP contribution in [0.1, 0.15) is 17.2 Å². The predicted molar refractivity (Wildman–Crippen MR) is 69.2 cm³/mol. The molecule has 17 heavy (non-hydrogen) atoms. The molecule has 0 heterocycles. The van der Waals surface area contributed by atoms with Crippen molar-refractivity contribution in [1.29, 1.82) is 0 Å². The lowest BCUT2D eigenvalue weighted by molar-refractivity contribution is -0.147. The average molecular weight is 366 g/mol. The van der Waals surface area contributed by atoms with Gasteiger partial charge in [-0.1, -0.05) is 44.0 Å². The number of aliphatic carboxylic acids is 1. The number of carbonyl (C=O) groups excluding carboxylic acids is 1. The number of carboxylic acids is 1. The van der Waals surface area contributed by atoms with E-state index >= 15 is 0 Å². The van der Waals surface area contributed by atoms with Crippen LogP contribution >= 0.6 is 31.9 Å². The van der Waals surface area contributed by atoms with Crippen molar-refractivity contribution in [3.8, 4) is 0 Å². The van der Waals surface area contributed by atoms with E-state index in [1.165, 1.54) is 6.07 Å². The summed E-state index contributed by atoms with van der Waals surface area (Å²) in [6.07, 6.45) is -1.29. The van der Waals surface area contributed by atoms with Gasteiger partial charge >= 0.3 is 5.97 Å². The summed E-state index contributed by atoms with van der Waals surface area (Å²) in [5.74, 6) is -1.28. The third-order valence-corrected chi connectivity index (χ3v) is 3.46. The standard InChI is InChI=1S/C11H10Br2O4/c12-5-7(14)3-6-1-2-8(9(13)4-6)10(15)11(16)17/h1-2,4,10,15H,3,5H2,(H,16,17). The van der Waals surface area contributed by atoms with Crippen LogP contribution in [0, 0.1) is 0 Å². The van der Waals surface area contributed by atoms with Gasteiger partial charge in [0.2, 0.25) is 0 Å². The molecular weight excluding hydrogens is 356 g/mol. The number of benzene rings is 1. The lowest BCUT2D eigenvalue weighted by Crippen LogP contribution is -2.11. The highest BCUT2D eigenvalue weighted by Gasteiger charge is 2.18. The second kappa shape index (κ2) is 6.28. The summed E-state index contributed by atoms with van der Waals surface area (Å²) in [4.78, 5) is 21.8. The molecule has 0 bridgehead atoms. The maximum Gasteiger partial charge on any atom is 0.337 e. The fourth-order valence-corrected chi connectivity index (χ4v) is 2.15. The molecule has 0 aliphatic rings. The Hall–Kier alpha value is -0.720. The largest absolute Gasteiger partial charge is 0.479 e. The molecule has 6 heteroatoms. The van der Waals surface area contributed by atoms with Gasteiger partial charge in [-0.15, -0.1) is 0 Å². The fourth-order valence-electron chi connectivity index (χ4n) is 1.31. The molecule has 0 saturated carbocycles. The first-order valence-electron chi connectivity index (χ1n) is 4.72. The maximum absolute atomic E-state index is 11.2. The number of rotatable bonds is 5. The van der Waals surface area contributed by atoms with Crippen LogP contribution in [-0.4, -0.2) is 27.3 Å². The molecule has 92 valence electrons. The minimum atomic E-state index is -1.56. The summed E-state index contributed by atoms with van der Waals surface area (Å²) in [5.41, 5.74) is 1.04. The van der Waals surface area contributed by atoms with Crippen molar-refractivity contribution in [3.63, 3.8) is 0 Å². The Morgan fingerprint density at radius 3 is 2.47 bits per heavy atom. The highest BCUT2D eigenvalue weighted by molar-refractivity contribution is 9.10. The highest BCUT2D eigenvalue weighted by atomic mass is 79.9. The third-order valence-electron chi connectivity index (χ3n) is 2.14. The second-order valence-corrected chi connectivity index (χ2v) is 4.86. The van der Waals surface area contributed by atoms with E-state index in [1.807, 2.05) is 0 Å². The number of hydrogen-bond acceptors (Lipinski definition) is 3. The average Bonchev–Trinajstić information content (AvgIpc) is 2.28. The number of ketones is 1. The number of alkyl halides is 1. The van der Waals surface area contributed by atoms with Gasteiger partial charge in [0, 0.05) is 16.5 Å². The molecule has 0 amide bonds. The molecule has 0 aromatic heterocycles. The maximum atomic E-state index is 11.2. The third kappa shape index (κ3) is 3.90. The van der Waals surface area contributed by atoms with Crippen LogP contribution < -0.4 is 0 Å². The van der Waals surface area contributed by atoms with Crippen molar-refractivity contribution in [2.75, 3.05) is 5.33 Å². The second-order valence-electron chi connectivity index (χ2n) is 3.45.